The van der Waals surface area contributed by atoms with Crippen molar-refractivity contribution in [2.45, 2.75) is 13.8 Å². The number of nitrogens with zero attached hydrogens (tertiary/aromatic N) is 1. The predicted octanol–water partition coefficient (Wildman–Crippen LogP) is 6.07. The van der Waals surface area contributed by atoms with Crippen LogP contribution in [0.1, 0.15) is 20.9 Å². The summed E-state index contributed by atoms with van der Waals surface area (Å²) in [4.78, 5) is 29.4. The number of urea groups is 1. The second-order valence-corrected chi connectivity index (χ2v) is 8.23. The highest BCUT2D eigenvalue weighted by atomic mass is 79.9. The first-order chi connectivity index (χ1) is 13.3. The molecule has 144 valence electrons. The molecule has 0 unspecified atom stereocenters. The Bertz CT molecular complexity index is 1050. The van der Waals surface area contributed by atoms with Gasteiger partial charge < -0.3 is 10.6 Å². The number of hydrogen-bond acceptors (Lipinski definition) is 4. The van der Waals surface area contributed by atoms with Crippen LogP contribution in [0.3, 0.4) is 0 Å². The van der Waals surface area contributed by atoms with Crippen molar-refractivity contribution in [3.63, 3.8) is 0 Å². The van der Waals surface area contributed by atoms with Crippen LogP contribution in [-0.2, 0) is 0 Å². The van der Waals surface area contributed by atoms with Gasteiger partial charge in [-0.05, 0) is 55.8 Å². The largest absolute Gasteiger partial charge is 0.325 e. The van der Waals surface area contributed by atoms with Crippen LogP contribution >= 0.6 is 38.9 Å². The minimum atomic E-state index is -0.466. The van der Waals surface area contributed by atoms with Gasteiger partial charge in [0.25, 0.3) is 5.91 Å². The van der Waals surface area contributed by atoms with Gasteiger partial charge in [0.15, 0.2) is 5.13 Å². The Labute approximate surface area is 179 Å². The van der Waals surface area contributed by atoms with E-state index in [9.17, 15) is 9.59 Å². The van der Waals surface area contributed by atoms with Gasteiger partial charge in [-0.25, -0.2) is 9.78 Å². The number of amides is 3. The maximum absolute atomic E-state index is 12.6. The lowest BCUT2D eigenvalue weighted by Gasteiger charge is -2.06. The van der Waals surface area contributed by atoms with Crippen LogP contribution in [0.25, 0.3) is 0 Å². The number of rotatable bonds is 4. The summed E-state index contributed by atoms with van der Waals surface area (Å²) in [7, 11) is 0. The van der Waals surface area contributed by atoms with Gasteiger partial charge in [-0.2, -0.15) is 0 Å². The number of benzene rings is 2. The molecule has 1 aromatic heterocycles. The van der Waals surface area contributed by atoms with Crippen LogP contribution in [0.4, 0.5) is 21.3 Å². The molecule has 0 atom stereocenters. The highest BCUT2D eigenvalue weighted by Crippen LogP contribution is 2.25. The molecule has 0 spiro atoms. The lowest BCUT2D eigenvalue weighted by Crippen LogP contribution is -2.19. The topological polar surface area (TPSA) is 83.1 Å². The molecule has 9 heteroatoms. The first-order valence-electron chi connectivity index (χ1n) is 8.20. The molecular formula is C19H16BrClN4O2S. The van der Waals surface area contributed by atoms with Crippen molar-refractivity contribution in [3.8, 4) is 0 Å². The van der Waals surface area contributed by atoms with Crippen molar-refractivity contribution in [1.82, 2.24) is 4.98 Å². The predicted molar refractivity (Wildman–Crippen MR) is 118 cm³/mol. The lowest BCUT2D eigenvalue weighted by atomic mass is 10.2. The van der Waals surface area contributed by atoms with Crippen molar-refractivity contribution < 1.29 is 9.59 Å². The molecule has 28 heavy (non-hydrogen) atoms. The minimum absolute atomic E-state index is 0.278. The number of carbonyl (C=O) groups excluding carboxylic acids is 2. The molecule has 2 aromatic carbocycles. The summed E-state index contributed by atoms with van der Waals surface area (Å²) in [6.07, 6.45) is 0. The van der Waals surface area contributed by atoms with Gasteiger partial charge in [-0.15, -0.1) is 0 Å². The monoisotopic (exact) mass is 478 g/mol. The molecule has 0 aliphatic rings. The Kier molecular flexibility index (Phi) is 6.33. The summed E-state index contributed by atoms with van der Waals surface area (Å²) in [5, 5.41) is 9.00. The quantitative estimate of drug-likeness (QED) is 0.424. The summed E-state index contributed by atoms with van der Waals surface area (Å²) in [6.45, 7) is 3.66. The molecule has 3 amide bonds. The Morgan fingerprint density at radius 3 is 2.50 bits per heavy atom. The fourth-order valence-electron chi connectivity index (χ4n) is 2.40. The smallest absolute Gasteiger partial charge is 0.321 e. The standard InChI is InChI=1S/C19H16BrClN4O2S/c1-10-8-14(6-7-15(10)20)23-17(26)16-11(2)22-19(28-16)25-18(27)24-13-5-3-4-12(21)9-13/h3-9H,1-2H3,(H,23,26)(H2,22,24,25,27). The van der Waals surface area contributed by atoms with E-state index in [1.807, 2.05) is 25.1 Å². The molecule has 0 saturated heterocycles. The third-order valence-corrected chi connectivity index (χ3v) is 5.92. The number of nitrogens with one attached hydrogen (secondary N) is 3. The molecule has 0 bridgehead atoms. The van der Waals surface area contributed by atoms with Crippen LogP contribution in [0, 0.1) is 13.8 Å². The number of carbonyl (C=O) groups is 2. The number of aryl methyl sites for hydroxylation is 2. The van der Waals surface area contributed by atoms with Crippen LogP contribution < -0.4 is 16.0 Å². The van der Waals surface area contributed by atoms with Gasteiger partial charge in [0.1, 0.15) is 4.88 Å². The summed E-state index contributed by atoms with van der Waals surface area (Å²) in [6, 6.07) is 11.9. The molecule has 0 aliphatic heterocycles. The normalized spacial score (nSPS) is 10.4. The van der Waals surface area contributed by atoms with Crippen LogP contribution in [0.5, 0.6) is 0 Å². The van der Waals surface area contributed by atoms with E-state index in [1.165, 1.54) is 0 Å². The van der Waals surface area contributed by atoms with Crippen molar-refractivity contribution in [2.75, 3.05) is 16.0 Å². The average molecular weight is 480 g/mol. The summed E-state index contributed by atoms with van der Waals surface area (Å²) in [5.41, 5.74) is 2.79. The van der Waals surface area contributed by atoms with Gasteiger partial charge in [0.2, 0.25) is 0 Å². The fraction of sp³-hybridized carbons (Fsp3) is 0.105. The Morgan fingerprint density at radius 1 is 1.04 bits per heavy atom. The number of hydrogen-bond donors (Lipinski definition) is 3. The highest BCUT2D eigenvalue weighted by molar-refractivity contribution is 9.10. The Hall–Kier alpha value is -2.42. The van der Waals surface area contributed by atoms with Gasteiger partial charge in [0, 0.05) is 20.9 Å². The van der Waals surface area contributed by atoms with E-state index in [4.69, 9.17) is 11.6 Å². The molecule has 0 fully saturated rings. The molecule has 6 nitrogen and oxygen atoms in total. The van der Waals surface area contributed by atoms with Gasteiger partial charge >= 0.3 is 6.03 Å². The van der Waals surface area contributed by atoms with E-state index in [0.717, 1.165) is 21.4 Å². The van der Waals surface area contributed by atoms with Gasteiger partial charge in [0.05, 0.1) is 5.69 Å². The maximum atomic E-state index is 12.6. The van der Waals surface area contributed by atoms with Crippen molar-refractivity contribution in [3.05, 3.63) is 68.1 Å². The molecule has 0 radical (unpaired) electrons. The van der Waals surface area contributed by atoms with Gasteiger partial charge in [-0.3, -0.25) is 10.1 Å². The van der Waals surface area contributed by atoms with E-state index in [1.54, 1.807) is 31.2 Å². The Morgan fingerprint density at radius 2 is 1.79 bits per heavy atom. The van der Waals surface area contributed by atoms with Gasteiger partial charge in [-0.1, -0.05) is 44.9 Å². The molecule has 3 rings (SSSR count). The van der Waals surface area contributed by atoms with E-state index >= 15 is 0 Å². The van der Waals surface area contributed by atoms with E-state index in [0.29, 0.717) is 32.1 Å². The van der Waals surface area contributed by atoms with E-state index in [-0.39, 0.29) is 5.91 Å². The van der Waals surface area contributed by atoms with Crippen molar-refractivity contribution >= 4 is 67.3 Å². The summed E-state index contributed by atoms with van der Waals surface area (Å²) >= 11 is 10.4. The molecule has 1 heterocycles. The first-order valence-corrected chi connectivity index (χ1v) is 10.2. The SMILES string of the molecule is Cc1cc(NC(=O)c2sc(NC(=O)Nc3cccc(Cl)c3)nc2C)ccc1Br. The summed E-state index contributed by atoms with van der Waals surface area (Å²) < 4.78 is 0.969. The molecular weight excluding hydrogens is 464 g/mol. The minimum Gasteiger partial charge on any atom is -0.321 e. The van der Waals surface area contributed by atoms with Crippen LogP contribution in [0.2, 0.25) is 5.02 Å². The maximum Gasteiger partial charge on any atom is 0.325 e. The zero-order valence-electron chi connectivity index (χ0n) is 15.0. The van der Waals surface area contributed by atoms with Crippen LogP contribution in [0.15, 0.2) is 46.9 Å². The third-order valence-electron chi connectivity index (χ3n) is 3.72. The molecule has 3 N–H and O–H groups in total. The summed E-state index contributed by atoms with van der Waals surface area (Å²) in [5.74, 6) is -0.278. The number of thiazole rings is 1. The van der Waals surface area contributed by atoms with Crippen molar-refractivity contribution in [1.29, 1.82) is 0 Å². The lowest BCUT2D eigenvalue weighted by molar-refractivity contribution is 0.103. The second-order valence-electron chi connectivity index (χ2n) is 5.94. The number of anilines is 3. The first kappa shape index (κ1) is 20.3. The third kappa shape index (κ3) is 5.09. The zero-order valence-corrected chi connectivity index (χ0v) is 18.1. The second kappa shape index (κ2) is 8.72. The van der Waals surface area contributed by atoms with E-state index in [2.05, 4.69) is 36.9 Å². The van der Waals surface area contributed by atoms with Crippen molar-refractivity contribution in [2.24, 2.45) is 0 Å². The molecule has 0 aliphatic carbocycles. The zero-order chi connectivity index (χ0) is 20.3. The van der Waals surface area contributed by atoms with E-state index < -0.39 is 6.03 Å². The average Bonchev–Trinajstić information content (AvgIpc) is 2.98. The number of halogens is 2. The van der Waals surface area contributed by atoms with Crippen LogP contribution in [-0.4, -0.2) is 16.9 Å². The molecule has 0 saturated carbocycles. The Balaban J connectivity index is 1.67. The highest BCUT2D eigenvalue weighted by Gasteiger charge is 2.17. The molecule has 3 aromatic rings. The fourth-order valence-corrected chi connectivity index (χ4v) is 3.69. The number of aromatic nitrogens is 1.